The van der Waals surface area contributed by atoms with Crippen molar-refractivity contribution in [1.29, 1.82) is 0 Å². The van der Waals surface area contributed by atoms with Crippen molar-refractivity contribution in [2.45, 2.75) is 39.5 Å². The Hall–Kier alpha value is -1.84. The number of carbonyl (C=O) groups is 1. The van der Waals surface area contributed by atoms with Crippen LogP contribution in [-0.2, 0) is 11.2 Å². The van der Waals surface area contributed by atoms with Gasteiger partial charge in [0.05, 0.1) is 5.69 Å². The van der Waals surface area contributed by atoms with E-state index in [1.807, 2.05) is 36.2 Å². The summed E-state index contributed by atoms with van der Waals surface area (Å²) < 4.78 is 2.10. The van der Waals surface area contributed by atoms with Crippen molar-refractivity contribution >= 4 is 11.6 Å². The lowest BCUT2D eigenvalue weighted by molar-refractivity contribution is -0.132. The number of piperidine rings is 1. The fraction of sp³-hybridized carbons (Fsp3) is 0.529. The molecular weight excluding hydrogens is 262 g/mol. The van der Waals surface area contributed by atoms with E-state index >= 15 is 0 Å². The van der Waals surface area contributed by atoms with E-state index < -0.39 is 0 Å². The molecule has 1 aliphatic rings. The molecule has 1 atom stereocenters. The summed E-state index contributed by atoms with van der Waals surface area (Å²) in [7, 11) is 0. The Labute approximate surface area is 125 Å². The zero-order chi connectivity index (χ0) is 14.8. The first kappa shape index (κ1) is 14.1. The van der Waals surface area contributed by atoms with Gasteiger partial charge < -0.3 is 9.30 Å². The van der Waals surface area contributed by atoms with Crippen LogP contribution in [0.1, 0.15) is 37.6 Å². The number of fused-ring (bicyclic) bond motifs is 1. The summed E-state index contributed by atoms with van der Waals surface area (Å²) in [5, 5.41) is 0. The molecular formula is C17H23N3O. The van der Waals surface area contributed by atoms with Crippen molar-refractivity contribution in [2.24, 2.45) is 5.92 Å². The van der Waals surface area contributed by atoms with Crippen LogP contribution < -0.4 is 0 Å². The topological polar surface area (TPSA) is 37.6 Å². The summed E-state index contributed by atoms with van der Waals surface area (Å²) in [5.41, 5.74) is 3.15. The molecule has 0 saturated carbocycles. The molecule has 1 aliphatic heterocycles. The van der Waals surface area contributed by atoms with E-state index in [-0.39, 0.29) is 5.91 Å². The fourth-order valence-electron chi connectivity index (χ4n) is 3.26. The lowest BCUT2D eigenvalue weighted by Gasteiger charge is -2.31. The number of amides is 1. The van der Waals surface area contributed by atoms with E-state index in [0.717, 1.165) is 43.0 Å². The van der Waals surface area contributed by atoms with E-state index in [0.29, 0.717) is 12.3 Å². The SMILES string of the molecule is Cc1nc2ccccn2c1CCC(=O)N1CCCC(C)C1. The number of rotatable bonds is 3. The average molecular weight is 285 g/mol. The van der Waals surface area contributed by atoms with Crippen LogP contribution in [0.4, 0.5) is 0 Å². The summed E-state index contributed by atoms with van der Waals surface area (Å²) in [5.74, 6) is 0.923. The number of hydrogen-bond acceptors (Lipinski definition) is 2. The maximum atomic E-state index is 12.4. The molecule has 1 fully saturated rings. The minimum atomic E-state index is 0.284. The number of aryl methyl sites for hydroxylation is 2. The van der Waals surface area contributed by atoms with Crippen molar-refractivity contribution < 1.29 is 4.79 Å². The largest absolute Gasteiger partial charge is 0.342 e. The van der Waals surface area contributed by atoms with Gasteiger partial charge in [0, 0.05) is 31.4 Å². The van der Waals surface area contributed by atoms with Crippen LogP contribution in [0.2, 0.25) is 0 Å². The maximum Gasteiger partial charge on any atom is 0.222 e. The van der Waals surface area contributed by atoms with Gasteiger partial charge in [0.1, 0.15) is 5.65 Å². The lowest BCUT2D eigenvalue weighted by Crippen LogP contribution is -2.39. The van der Waals surface area contributed by atoms with Crippen LogP contribution in [0.3, 0.4) is 0 Å². The molecule has 0 aliphatic carbocycles. The number of nitrogens with zero attached hydrogens (tertiary/aromatic N) is 3. The molecule has 2 aromatic heterocycles. The summed E-state index contributed by atoms with van der Waals surface area (Å²) in [6.07, 6.45) is 5.76. The smallest absolute Gasteiger partial charge is 0.222 e. The second kappa shape index (κ2) is 5.88. The molecule has 0 spiro atoms. The number of pyridine rings is 1. The summed E-state index contributed by atoms with van der Waals surface area (Å²) in [6.45, 7) is 6.10. The molecule has 0 bridgehead atoms. The van der Waals surface area contributed by atoms with Gasteiger partial charge in [0.2, 0.25) is 5.91 Å². The van der Waals surface area contributed by atoms with Crippen LogP contribution in [0.5, 0.6) is 0 Å². The Balaban J connectivity index is 1.69. The molecule has 2 aromatic rings. The quantitative estimate of drug-likeness (QED) is 0.869. The highest BCUT2D eigenvalue weighted by Gasteiger charge is 2.21. The van der Waals surface area contributed by atoms with Gasteiger partial charge in [0.15, 0.2) is 0 Å². The standard InChI is InChI=1S/C17H23N3O/c1-13-6-5-10-19(12-13)17(21)9-8-15-14(2)18-16-7-3-4-11-20(15)16/h3-4,7,11,13H,5-6,8-10,12H2,1-2H3. The second-order valence-corrected chi connectivity index (χ2v) is 6.16. The molecule has 21 heavy (non-hydrogen) atoms. The lowest BCUT2D eigenvalue weighted by atomic mass is 10.00. The van der Waals surface area contributed by atoms with Crippen LogP contribution in [0.15, 0.2) is 24.4 Å². The van der Waals surface area contributed by atoms with Gasteiger partial charge >= 0.3 is 0 Å². The molecule has 1 unspecified atom stereocenters. The fourth-order valence-corrected chi connectivity index (χ4v) is 3.26. The highest BCUT2D eigenvalue weighted by atomic mass is 16.2. The zero-order valence-corrected chi connectivity index (χ0v) is 12.9. The van der Waals surface area contributed by atoms with E-state index in [1.165, 1.54) is 6.42 Å². The first-order valence-electron chi connectivity index (χ1n) is 7.85. The second-order valence-electron chi connectivity index (χ2n) is 6.16. The van der Waals surface area contributed by atoms with Gasteiger partial charge in [-0.25, -0.2) is 4.98 Å². The molecule has 0 radical (unpaired) electrons. The highest BCUT2D eigenvalue weighted by Crippen LogP contribution is 2.18. The normalized spacial score (nSPS) is 19.1. The Morgan fingerprint density at radius 2 is 2.29 bits per heavy atom. The third-order valence-corrected chi connectivity index (χ3v) is 4.41. The minimum absolute atomic E-state index is 0.284. The van der Waals surface area contributed by atoms with Gasteiger partial charge in [-0.15, -0.1) is 0 Å². The summed E-state index contributed by atoms with van der Waals surface area (Å²) in [4.78, 5) is 19.0. The van der Waals surface area contributed by atoms with E-state index in [4.69, 9.17) is 0 Å². The monoisotopic (exact) mass is 285 g/mol. The number of carbonyl (C=O) groups excluding carboxylic acids is 1. The highest BCUT2D eigenvalue weighted by molar-refractivity contribution is 5.76. The Morgan fingerprint density at radius 1 is 1.43 bits per heavy atom. The van der Waals surface area contributed by atoms with E-state index in [2.05, 4.69) is 16.3 Å². The first-order valence-corrected chi connectivity index (χ1v) is 7.85. The van der Waals surface area contributed by atoms with Crippen LogP contribution in [0, 0.1) is 12.8 Å². The van der Waals surface area contributed by atoms with Crippen LogP contribution in [-0.4, -0.2) is 33.3 Å². The van der Waals surface area contributed by atoms with Crippen LogP contribution in [0.25, 0.3) is 5.65 Å². The van der Waals surface area contributed by atoms with E-state index in [1.54, 1.807) is 0 Å². The Kier molecular flexibility index (Phi) is 3.95. The molecule has 1 saturated heterocycles. The Bertz CT molecular complexity index is 647. The van der Waals surface area contributed by atoms with E-state index in [9.17, 15) is 4.79 Å². The minimum Gasteiger partial charge on any atom is -0.342 e. The van der Waals surface area contributed by atoms with Gasteiger partial charge in [-0.3, -0.25) is 4.79 Å². The van der Waals surface area contributed by atoms with Crippen LogP contribution >= 0.6 is 0 Å². The maximum absolute atomic E-state index is 12.4. The zero-order valence-electron chi connectivity index (χ0n) is 12.9. The molecule has 4 heteroatoms. The van der Waals surface area contributed by atoms with Crippen molar-refractivity contribution in [3.05, 3.63) is 35.8 Å². The van der Waals surface area contributed by atoms with Gasteiger partial charge in [-0.1, -0.05) is 13.0 Å². The molecule has 0 N–H and O–H groups in total. The number of hydrogen-bond donors (Lipinski definition) is 0. The van der Waals surface area contributed by atoms with Gasteiger partial charge in [0.25, 0.3) is 0 Å². The van der Waals surface area contributed by atoms with Crippen molar-refractivity contribution in [3.63, 3.8) is 0 Å². The first-order chi connectivity index (χ1) is 10.1. The van der Waals surface area contributed by atoms with Gasteiger partial charge in [-0.2, -0.15) is 0 Å². The molecule has 4 nitrogen and oxygen atoms in total. The number of aromatic nitrogens is 2. The molecule has 112 valence electrons. The summed E-state index contributed by atoms with van der Waals surface area (Å²) >= 11 is 0. The predicted molar refractivity (Wildman–Crippen MR) is 83.2 cm³/mol. The van der Waals surface area contributed by atoms with Crippen molar-refractivity contribution in [3.8, 4) is 0 Å². The third-order valence-electron chi connectivity index (χ3n) is 4.41. The Morgan fingerprint density at radius 3 is 3.10 bits per heavy atom. The average Bonchev–Trinajstić information content (AvgIpc) is 2.80. The molecule has 0 aromatic carbocycles. The predicted octanol–water partition coefficient (Wildman–Crippen LogP) is 2.83. The third kappa shape index (κ3) is 2.94. The molecule has 3 rings (SSSR count). The number of likely N-dealkylation sites (tertiary alicyclic amines) is 1. The summed E-state index contributed by atoms with van der Waals surface area (Å²) in [6, 6.07) is 6.00. The molecule has 1 amide bonds. The molecule has 3 heterocycles. The number of imidazole rings is 1. The van der Waals surface area contributed by atoms with Crippen molar-refractivity contribution in [1.82, 2.24) is 14.3 Å². The van der Waals surface area contributed by atoms with Crippen molar-refractivity contribution in [2.75, 3.05) is 13.1 Å². The van der Waals surface area contributed by atoms with Gasteiger partial charge in [-0.05, 0) is 44.2 Å².